The predicted molar refractivity (Wildman–Crippen MR) is 68.0 cm³/mol. The minimum Gasteiger partial charge on any atom is -0.458 e. The second-order valence-corrected chi connectivity index (χ2v) is 5.13. The van der Waals surface area contributed by atoms with Gasteiger partial charge in [0.1, 0.15) is 11.3 Å². The van der Waals surface area contributed by atoms with E-state index in [1.165, 1.54) is 13.1 Å². The molecule has 0 unspecified atom stereocenters. The molecule has 0 saturated carbocycles. The van der Waals surface area contributed by atoms with Crippen molar-refractivity contribution in [2.75, 3.05) is 0 Å². The second kappa shape index (κ2) is 5.73. The summed E-state index contributed by atoms with van der Waals surface area (Å²) in [5.74, 6) is -1.12. The minimum absolute atomic E-state index is 0.415. The van der Waals surface area contributed by atoms with Gasteiger partial charge in [-0.15, -0.1) is 0 Å². The molecule has 1 atom stereocenters. The van der Waals surface area contributed by atoms with Crippen LogP contribution in [-0.2, 0) is 21.4 Å². The van der Waals surface area contributed by atoms with E-state index in [0.717, 1.165) is 0 Å². The topological polar surface area (TPSA) is 85.9 Å². The molecule has 19 heavy (non-hydrogen) atoms. The van der Waals surface area contributed by atoms with Gasteiger partial charge in [0, 0.05) is 7.05 Å². The van der Waals surface area contributed by atoms with Gasteiger partial charge in [0.15, 0.2) is 5.78 Å². The van der Waals surface area contributed by atoms with Gasteiger partial charge in [0.05, 0.1) is 12.4 Å². The minimum atomic E-state index is -1.24. The van der Waals surface area contributed by atoms with Crippen LogP contribution in [0.15, 0.2) is 22.6 Å². The number of carbonyl (C=O) groups excluding carboxylic acids is 2. The van der Waals surface area contributed by atoms with Crippen LogP contribution in [-0.4, -0.2) is 33.2 Å². The second-order valence-electron chi connectivity index (χ2n) is 5.13. The van der Waals surface area contributed by atoms with E-state index in [1.807, 2.05) is 0 Å². The first-order valence-corrected chi connectivity index (χ1v) is 5.82. The summed E-state index contributed by atoms with van der Waals surface area (Å²) >= 11 is 0. The van der Waals surface area contributed by atoms with Crippen LogP contribution in [0.2, 0.25) is 0 Å². The summed E-state index contributed by atoms with van der Waals surface area (Å²) < 4.78 is 6.67. The average molecular weight is 266 g/mol. The van der Waals surface area contributed by atoms with E-state index in [4.69, 9.17) is 4.74 Å². The Bertz CT molecular complexity index is 499. The Hall–Kier alpha value is -2.05. The van der Waals surface area contributed by atoms with Crippen molar-refractivity contribution in [3.8, 4) is 0 Å². The van der Waals surface area contributed by atoms with Crippen molar-refractivity contribution in [3.05, 3.63) is 12.4 Å². The molecule has 0 amide bonds. The normalized spacial score (nSPS) is 13.5. The summed E-state index contributed by atoms with van der Waals surface area (Å²) in [6.07, 6.45) is 3.10. The first-order chi connectivity index (χ1) is 8.69. The monoisotopic (exact) mass is 266 g/mol. The molecule has 0 fully saturated rings. The maximum Gasteiger partial charge on any atom is 0.341 e. The lowest BCUT2D eigenvalue weighted by Gasteiger charge is -2.20. The fourth-order valence-corrected chi connectivity index (χ4v) is 1.24. The van der Waals surface area contributed by atoms with Gasteiger partial charge in [-0.3, -0.25) is 9.48 Å². The maximum atomic E-state index is 11.8. The number of esters is 1. The Morgan fingerprint density at radius 1 is 1.42 bits per heavy atom. The van der Waals surface area contributed by atoms with E-state index in [-0.39, 0.29) is 0 Å². The fourth-order valence-electron chi connectivity index (χ4n) is 1.24. The third kappa shape index (κ3) is 4.99. The zero-order chi connectivity index (χ0) is 14.6. The largest absolute Gasteiger partial charge is 0.458 e. The van der Waals surface area contributed by atoms with Gasteiger partial charge in [0.2, 0.25) is 6.04 Å². The summed E-state index contributed by atoms with van der Waals surface area (Å²) in [5.41, 5.74) is -0.202. The Morgan fingerprint density at radius 3 is 2.47 bits per heavy atom. The number of aryl methyl sites for hydroxylation is 1. The van der Waals surface area contributed by atoms with E-state index >= 15 is 0 Å². The van der Waals surface area contributed by atoms with Crippen molar-refractivity contribution in [3.63, 3.8) is 0 Å². The van der Waals surface area contributed by atoms with Gasteiger partial charge >= 0.3 is 5.97 Å². The summed E-state index contributed by atoms with van der Waals surface area (Å²) in [7, 11) is 1.73. The molecular formula is C12H18N4O3. The number of ether oxygens (including phenoxy) is 1. The van der Waals surface area contributed by atoms with Gasteiger partial charge in [-0.05, 0) is 27.7 Å². The highest BCUT2D eigenvalue weighted by Crippen LogP contribution is 2.14. The number of hydrogen-bond donors (Lipinski definition) is 0. The molecule has 7 heteroatoms. The lowest BCUT2D eigenvalue weighted by Crippen LogP contribution is -2.34. The highest BCUT2D eigenvalue weighted by Gasteiger charge is 2.28. The lowest BCUT2D eigenvalue weighted by atomic mass is 10.1. The van der Waals surface area contributed by atoms with E-state index in [1.54, 1.807) is 38.7 Å². The van der Waals surface area contributed by atoms with Gasteiger partial charge in [-0.1, -0.05) is 0 Å². The molecule has 0 radical (unpaired) electrons. The van der Waals surface area contributed by atoms with Gasteiger partial charge < -0.3 is 4.74 Å². The van der Waals surface area contributed by atoms with Gasteiger partial charge in [-0.25, -0.2) is 4.79 Å². The molecule has 0 saturated heterocycles. The molecule has 0 aliphatic carbocycles. The number of hydrogen-bond acceptors (Lipinski definition) is 6. The predicted octanol–water partition coefficient (Wildman–Crippen LogP) is 1.80. The van der Waals surface area contributed by atoms with Crippen molar-refractivity contribution < 1.29 is 14.3 Å². The van der Waals surface area contributed by atoms with Crippen LogP contribution in [0.5, 0.6) is 0 Å². The summed E-state index contributed by atoms with van der Waals surface area (Å²) in [4.78, 5) is 23.2. The van der Waals surface area contributed by atoms with E-state index in [9.17, 15) is 9.59 Å². The molecule has 0 aliphatic rings. The van der Waals surface area contributed by atoms with E-state index in [0.29, 0.717) is 5.69 Å². The first-order valence-electron chi connectivity index (χ1n) is 5.82. The van der Waals surface area contributed by atoms with Crippen LogP contribution in [0.3, 0.4) is 0 Å². The number of rotatable bonds is 4. The lowest BCUT2D eigenvalue weighted by molar-refractivity contribution is -0.157. The van der Waals surface area contributed by atoms with Crippen molar-refractivity contribution in [2.45, 2.75) is 39.3 Å². The number of nitrogens with zero attached hydrogens (tertiary/aromatic N) is 4. The smallest absolute Gasteiger partial charge is 0.341 e. The molecule has 0 spiro atoms. The quantitative estimate of drug-likeness (QED) is 0.472. The molecule has 1 aromatic rings. The van der Waals surface area contributed by atoms with Crippen LogP contribution in [0, 0.1) is 0 Å². The fraction of sp³-hybridized carbons (Fsp3) is 0.583. The van der Waals surface area contributed by atoms with Crippen molar-refractivity contribution in [1.82, 2.24) is 9.78 Å². The average Bonchev–Trinajstić information content (AvgIpc) is 2.61. The number of azo groups is 1. The van der Waals surface area contributed by atoms with Crippen molar-refractivity contribution in [1.29, 1.82) is 0 Å². The highest BCUT2D eigenvalue weighted by atomic mass is 16.6. The Morgan fingerprint density at radius 2 is 2.05 bits per heavy atom. The van der Waals surface area contributed by atoms with Crippen molar-refractivity contribution >= 4 is 17.4 Å². The van der Waals surface area contributed by atoms with Crippen LogP contribution < -0.4 is 0 Å². The number of Topliss-reactive ketones (excluding diaryl/α,β-unsaturated/α-hetero) is 1. The Balaban J connectivity index is 2.81. The number of aromatic nitrogens is 2. The van der Waals surface area contributed by atoms with E-state index < -0.39 is 23.4 Å². The molecule has 7 nitrogen and oxygen atoms in total. The number of ketones is 1. The third-order valence-electron chi connectivity index (χ3n) is 2.00. The Labute approximate surface area is 111 Å². The molecular weight excluding hydrogens is 248 g/mol. The molecule has 104 valence electrons. The zero-order valence-electron chi connectivity index (χ0n) is 11.7. The van der Waals surface area contributed by atoms with Crippen molar-refractivity contribution in [2.24, 2.45) is 17.3 Å². The highest BCUT2D eigenvalue weighted by molar-refractivity contribution is 6.02. The van der Waals surface area contributed by atoms with Crippen LogP contribution in [0.1, 0.15) is 27.7 Å². The van der Waals surface area contributed by atoms with Crippen LogP contribution in [0.25, 0.3) is 0 Å². The standard InChI is InChI=1S/C12H18N4O3/c1-8(17)10(11(18)19-12(2,3)4)15-14-9-6-13-16(5)7-9/h6-7,10H,1-5H3/t10-/m1/s1. The molecule has 0 aromatic carbocycles. The molecule has 1 aromatic heterocycles. The molecule has 0 bridgehead atoms. The third-order valence-corrected chi connectivity index (χ3v) is 2.00. The van der Waals surface area contributed by atoms with Crippen LogP contribution in [0.4, 0.5) is 5.69 Å². The molecule has 1 heterocycles. The molecule has 1 rings (SSSR count). The van der Waals surface area contributed by atoms with E-state index in [2.05, 4.69) is 15.3 Å². The SMILES string of the molecule is CC(=O)[C@@H](N=Nc1cnn(C)c1)C(=O)OC(C)(C)C. The maximum absolute atomic E-state index is 11.8. The zero-order valence-corrected chi connectivity index (χ0v) is 11.7. The summed E-state index contributed by atoms with van der Waals surface area (Å²) in [5, 5.41) is 11.5. The Kier molecular flexibility index (Phi) is 4.52. The van der Waals surface area contributed by atoms with Gasteiger partial charge in [0.25, 0.3) is 0 Å². The molecule has 0 N–H and O–H groups in total. The van der Waals surface area contributed by atoms with Crippen LogP contribution >= 0.6 is 0 Å². The van der Waals surface area contributed by atoms with Gasteiger partial charge in [-0.2, -0.15) is 15.3 Å². The summed E-state index contributed by atoms with van der Waals surface area (Å²) in [6, 6.07) is -1.24. The summed E-state index contributed by atoms with van der Waals surface area (Å²) in [6.45, 7) is 6.44. The molecule has 0 aliphatic heterocycles. The first kappa shape index (κ1) is 15.0. The number of carbonyl (C=O) groups is 2.